The summed E-state index contributed by atoms with van der Waals surface area (Å²) in [6, 6.07) is 16.1. The Hall–Kier alpha value is -2.82. The zero-order valence-electron chi connectivity index (χ0n) is 14.2. The van der Waals surface area contributed by atoms with Gasteiger partial charge in [-0.25, -0.2) is 0 Å². The Morgan fingerprint density at radius 3 is 2.42 bits per heavy atom. The fourth-order valence-corrected chi connectivity index (χ4v) is 2.20. The standard InChI is InChI=1S/C19H22N2O3/c1-4-17(24-16-11-6-5-7-12-16)18(22)20-15-10-8-9-14(13-15)19(23)21(2)3/h5-13,17H,4H2,1-3H3,(H,20,22). The van der Waals surface area contributed by atoms with Crippen molar-refractivity contribution in [2.75, 3.05) is 19.4 Å². The maximum absolute atomic E-state index is 12.4. The van der Waals surface area contributed by atoms with Crippen LogP contribution in [-0.2, 0) is 4.79 Å². The van der Waals surface area contributed by atoms with E-state index in [4.69, 9.17) is 4.74 Å². The summed E-state index contributed by atoms with van der Waals surface area (Å²) in [5.74, 6) is 0.297. The number of amides is 2. The highest BCUT2D eigenvalue weighted by molar-refractivity contribution is 5.98. The molecule has 0 aliphatic rings. The van der Waals surface area contributed by atoms with E-state index in [0.29, 0.717) is 23.4 Å². The highest BCUT2D eigenvalue weighted by atomic mass is 16.5. The Morgan fingerprint density at radius 1 is 1.08 bits per heavy atom. The summed E-state index contributed by atoms with van der Waals surface area (Å²) in [5.41, 5.74) is 1.10. The van der Waals surface area contributed by atoms with Gasteiger partial charge in [-0.3, -0.25) is 9.59 Å². The van der Waals surface area contributed by atoms with E-state index in [1.54, 1.807) is 38.4 Å². The van der Waals surface area contributed by atoms with Gasteiger partial charge >= 0.3 is 0 Å². The van der Waals surface area contributed by atoms with Crippen molar-refractivity contribution < 1.29 is 14.3 Å². The number of hydrogen-bond donors (Lipinski definition) is 1. The van der Waals surface area contributed by atoms with Crippen molar-refractivity contribution in [2.45, 2.75) is 19.4 Å². The van der Waals surface area contributed by atoms with Gasteiger partial charge in [-0.2, -0.15) is 0 Å². The summed E-state index contributed by atoms with van der Waals surface area (Å²) >= 11 is 0. The lowest BCUT2D eigenvalue weighted by Gasteiger charge is -2.18. The van der Waals surface area contributed by atoms with Crippen molar-refractivity contribution in [1.29, 1.82) is 0 Å². The van der Waals surface area contributed by atoms with E-state index in [9.17, 15) is 9.59 Å². The molecule has 1 unspecified atom stereocenters. The van der Waals surface area contributed by atoms with Gasteiger partial charge in [-0.1, -0.05) is 31.2 Å². The Labute approximate surface area is 142 Å². The summed E-state index contributed by atoms with van der Waals surface area (Å²) in [6.07, 6.45) is -0.0579. The minimum absolute atomic E-state index is 0.112. The fraction of sp³-hybridized carbons (Fsp3) is 0.263. The summed E-state index contributed by atoms with van der Waals surface area (Å²) in [6.45, 7) is 1.89. The number of nitrogens with one attached hydrogen (secondary N) is 1. The lowest BCUT2D eigenvalue weighted by atomic mass is 10.1. The molecule has 2 aromatic rings. The second kappa shape index (κ2) is 8.15. The average Bonchev–Trinajstić information content (AvgIpc) is 2.59. The second-order valence-corrected chi connectivity index (χ2v) is 5.60. The van der Waals surface area contributed by atoms with E-state index >= 15 is 0 Å². The molecule has 0 aliphatic carbocycles. The highest BCUT2D eigenvalue weighted by Gasteiger charge is 2.19. The second-order valence-electron chi connectivity index (χ2n) is 5.60. The lowest BCUT2D eigenvalue weighted by Crippen LogP contribution is -2.32. The molecule has 0 saturated heterocycles. The van der Waals surface area contributed by atoms with E-state index in [1.807, 2.05) is 37.3 Å². The Bertz CT molecular complexity index is 699. The van der Waals surface area contributed by atoms with E-state index in [-0.39, 0.29) is 11.8 Å². The summed E-state index contributed by atoms with van der Waals surface area (Å²) in [4.78, 5) is 25.9. The molecular weight excluding hydrogens is 304 g/mol. The SMILES string of the molecule is CCC(Oc1ccccc1)C(=O)Nc1cccc(C(=O)N(C)C)c1. The first-order chi connectivity index (χ1) is 11.5. The number of nitrogens with zero attached hydrogens (tertiary/aromatic N) is 1. The largest absolute Gasteiger partial charge is 0.481 e. The predicted octanol–water partition coefficient (Wildman–Crippen LogP) is 3.18. The smallest absolute Gasteiger partial charge is 0.265 e. The van der Waals surface area contributed by atoms with Crippen molar-refractivity contribution in [2.24, 2.45) is 0 Å². The molecule has 0 fully saturated rings. The predicted molar refractivity (Wildman–Crippen MR) is 94.2 cm³/mol. The maximum atomic E-state index is 12.4. The summed E-state index contributed by atoms with van der Waals surface area (Å²) in [5, 5.41) is 2.81. The average molecular weight is 326 g/mol. The maximum Gasteiger partial charge on any atom is 0.265 e. The fourth-order valence-electron chi connectivity index (χ4n) is 2.20. The van der Waals surface area contributed by atoms with Crippen LogP contribution in [0.15, 0.2) is 54.6 Å². The van der Waals surface area contributed by atoms with Crippen molar-refractivity contribution in [1.82, 2.24) is 4.90 Å². The van der Waals surface area contributed by atoms with Crippen LogP contribution in [0.25, 0.3) is 0 Å². The van der Waals surface area contributed by atoms with Crippen LogP contribution in [0, 0.1) is 0 Å². The first kappa shape index (κ1) is 17.5. The molecule has 0 heterocycles. The van der Waals surface area contributed by atoms with Gasteiger partial charge in [0.1, 0.15) is 5.75 Å². The van der Waals surface area contributed by atoms with E-state index in [2.05, 4.69) is 5.32 Å². The molecule has 5 nitrogen and oxygen atoms in total. The number of benzene rings is 2. The summed E-state index contributed by atoms with van der Waals surface area (Å²) in [7, 11) is 3.38. The van der Waals surface area contributed by atoms with Crippen LogP contribution in [0.1, 0.15) is 23.7 Å². The molecule has 0 radical (unpaired) electrons. The number of rotatable bonds is 6. The van der Waals surface area contributed by atoms with Crippen LogP contribution < -0.4 is 10.1 Å². The van der Waals surface area contributed by atoms with Gasteiger partial charge in [0.25, 0.3) is 11.8 Å². The molecule has 0 aliphatic heterocycles. The Kier molecular flexibility index (Phi) is 5.95. The van der Waals surface area contributed by atoms with Crippen LogP contribution in [-0.4, -0.2) is 36.9 Å². The molecule has 1 N–H and O–H groups in total. The van der Waals surface area contributed by atoms with Crippen molar-refractivity contribution in [3.63, 3.8) is 0 Å². The van der Waals surface area contributed by atoms with Crippen LogP contribution in [0.3, 0.4) is 0 Å². The minimum atomic E-state index is -0.597. The number of ether oxygens (including phenoxy) is 1. The molecule has 2 aromatic carbocycles. The lowest BCUT2D eigenvalue weighted by molar-refractivity contribution is -0.122. The number of anilines is 1. The van der Waals surface area contributed by atoms with Gasteiger partial charge in [0.2, 0.25) is 0 Å². The monoisotopic (exact) mass is 326 g/mol. The Morgan fingerprint density at radius 2 is 1.79 bits per heavy atom. The molecule has 0 spiro atoms. The number of carbonyl (C=O) groups excluding carboxylic acids is 2. The van der Waals surface area contributed by atoms with Crippen molar-refractivity contribution in [3.05, 3.63) is 60.2 Å². The number of para-hydroxylation sites is 1. The highest BCUT2D eigenvalue weighted by Crippen LogP contribution is 2.16. The molecule has 2 amide bonds. The van der Waals surface area contributed by atoms with E-state index in [1.165, 1.54) is 4.90 Å². The molecular formula is C19H22N2O3. The summed E-state index contributed by atoms with van der Waals surface area (Å²) < 4.78 is 5.73. The van der Waals surface area contributed by atoms with Crippen LogP contribution >= 0.6 is 0 Å². The van der Waals surface area contributed by atoms with Crippen molar-refractivity contribution in [3.8, 4) is 5.75 Å². The van der Waals surface area contributed by atoms with Gasteiger partial charge in [-0.15, -0.1) is 0 Å². The zero-order chi connectivity index (χ0) is 17.5. The van der Waals surface area contributed by atoms with Gasteiger partial charge in [0.15, 0.2) is 6.10 Å². The molecule has 0 aromatic heterocycles. The van der Waals surface area contributed by atoms with Gasteiger partial charge < -0.3 is 15.0 Å². The number of carbonyl (C=O) groups is 2. The van der Waals surface area contributed by atoms with E-state index < -0.39 is 6.10 Å². The third-order valence-electron chi connectivity index (χ3n) is 3.47. The normalized spacial score (nSPS) is 11.5. The number of hydrogen-bond acceptors (Lipinski definition) is 3. The molecule has 2 rings (SSSR count). The molecule has 24 heavy (non-hydrogen) atoms. The van der Waals surface area contributed by atoms with Crippen molar-refractivity contribution >= 4 is 17.5 Å². The Balaban J connectivity index is 2.07. The van der Waals surface area contributed by atoms with E-state index in [0.717, 1.165) is 0 Å². The first-order valence-corrected chi connectivity index (χ1v) is 7.85. The third-order valence-corrected chi connectivity index (χ3v) is 3.47. The van der Waals surface area contributed by atoms with Crippen LogP contribution in [0.2, 0.25) is 0 Å². The first-order valence-electron chi connectivity index (χ1n) is 7.85. The molecule has 1 atom stereocenters. The molecule has 0 bridgehead atoms. The van der Waals surface area contributed by atoms with Gasteiger partial charge in [-0.05, 0) is 36.8 Å². The quantitative estimate of drug-likeness (QED) is 0.887. The minimum Gasteiger partial charge on any atom is -0.481 e. The van der Waals surface area contributed by atoms with Crippen LogP contribution in [0.5, 0.6) is 5.75 Å². The van der Waals surface area contributed by atoms with Gasteiger partial charge in [0, 0.05) is 25.3 Å². The third kappa shape index (κ3) is 4.59. The van der Waals surface area contributed by atoms with Gasteiger partial charge in [0.05, 0.1) is 0 Å². The topological polar surface area (TPSA) is 58.6 Å². The van der Waals surface area contributed by atoms with Crippen LogP contribution in [0.4, 0.5) is 5.69 Å². The molecule has 126 valence electrons. The molecule has 0 saturated carbocycles. The zero-order valence-corrected chi connectivity index (χ0v) is 14.2. The molecule has 5 heteroatoms.